The zero-order valence-corrected chi connectivity index (χ0v) is 11.0. The molecule has 2 aromatic carbocycles. The molecule has 0 aliphatic heterocycles. The van der Waals surface area contributed by atoms with Gasteiger partial charge in [-0.05, 0) is 40.2 Å². The van der Waals surface area contributed by atoms with Crippen molar-refractivity contribution < 1.29 is 0 Å². The van der Waals surface area contributed by atoms with Gasteiger partial charge in [-0.25, -0.2) is 0 Å². The first kappa shape index (κ1) is 11.3. The van der Waals surface area contributed by atoms with Crippen LogP contribution in [0.25, 0.3) is 17.2 Å². The molecule has 0 bridgehead atoms. The number of allylic oxidation sites excluding steroid dienone is 1. The first-order valence-corrected chi connectivity index (χ1v) is 6.64. The van der Waals surface area contributed by atoms with E-state index in [4.69, 9.17) is 0 Å². The molecule has 0 nitrogen and oxygen atoms in total. The maximum absolute atomic E-state index is 2.25. The molecule has 0 aromatic heterocycles. The third kappa shape index (κ3) is 1.88. The molecule has 2 aromatic rings. The minimum atomic E-state index is 0.598. The highest BCUT2D eigenvalue weighted by atomic mass is 14.1. The van der Waals surface area contributed by atoms with Gasteiger partial charge in [0.15, 0.2) is 0 Å². The quantitative estimate of drug-likeness (QED) is 0.682. The van der Waals surface area contributed by atoms with Gasteiger partial charge in [-0.2, -0.15) is 0 Å². The second-order valence-corrected chi connectivity index (χ2v) is 5.26. The molecule has 1 aliphatic rings. The van der Waals surface area contributed by atoms with Crippen molar-refractivity contribution in [2.75, 3.05) is 0 Å². The van der Waals surface area contributed by atoms with Crippen molar-refractivity contribution in [1.29, 1.82) is 0 Å². The van der Waals surface area contributed by atoms with Crippen LogP contribution in [-0.4, -0.2) is 0 Å². The molecule has 1 aliphatic carbocycles. The summed E-state index contributed by atoms with van der Waals surface area (Å²) in [5.41, 5.74) is 6.93. The first-order chi connectivity index (χ1) is 8.75. The third-order valence-corrected chi connectivity index (χ3v) is 3.71. The Morgan fingerprint density at radius 3 is 2.44 bits per heavy atom. The van der Waals surface area contributed by atoms with E-state index >= 15 is 0 Å². The van der Waals surface area contributed by atoms with E-state index in [9.17, 15) is 0 Å². The van der Waals surface area contributed by atoms with Crippen LogP contribution < -0.4 is 0 Å². The van der Waals surface area contributed by atoms with Crippen molar-refractivity contribution in [3.8, 4) is 11.1 Å². The van der Waals surface area contributed by atoms with Gasteiger partial charge in [-0.3, -0.25) is 0 Å². The Balaban J connectivity index is 2.05. The molecule has 0 fully saturated rings. The number of hydrogen-bond acceptors (Lipinski definition) is 0. The molecular weight excluding hydrogens is 216 g/mol. The zero-order valence-electron chi connectivity index (χ0n) is 11.0. The van der Waals surface area contributed by atoms with Crippen molar-refractivity contribution in [2.45, 2.75) is 26.2 Å². The standard InChI is InChI=1S/C18H18/c1-13(2)14-9-11-16(12-10-14)18-8-4-6-15-5-3-7-17(15)18/h3-4,6-13H,5H2,1-2H3. The van der Waals surface area contributed by atoms with E-state index < -0.39 is 0 Å². The van der Waals surface area contributed by atoms with Gasteiger partial charge in [0.2, 0.25) is 0 Å². The normalized spacial score (nSPS) is 13.1. The Morgan fingerprint density at radius 2 is 1.72 bits per heavy atom. The van der Waals surface area contributed by atoms with Crippen molar-refractivity contribution in [1.82, 2.24) is 0 Å². The van der Waals surface area contributed by atoms with Crippen molar-refractivity contribution >= 4 is 6.08 Å². The summed E-state index contributed by atoms with van der Waals surface area (Å²) >= 11 is 0. The minimum Gasteiger partial charge on any atom is -0.0795 e. The molecule has 18 heavy (non-hydrogen) atoms. The van der Waals surface area contributed by atoms with E-state index in [0.29, 0.717) is 5.92 Å². The molecule has 0 heterocycles. The van der Waals surface area contributed by atoms with Crippen molar-refractivity contribution in [3.63, 3.8) is 0 Å². The van der Waals surface area contributed by atoms with Gasteiger partial charge >= 0.3 is 0 Å². The lowest BCUT2D eigenvalue weighted by Gasteiger charge is -2.10. The second kappa shape index (κ2) is 4.45. The van der Waals surface area contributed by atoms with Crippen LogP contribution in [0, 0.1) is 0 Å². The van der Waals surface area contributed by atoms with Gasteiger partial charge in [0.05, 0.1) is 0 Å². The first-order valence-electron chi connectivity index (χ1n) is 6.64. The summed E-state index contributed by atoms with van der Waals surface area (Å²) in [6.07, 6.45) is 5.57. The molecule has 0 saturated carbocycles. The SMILES string of the molecule is CC(C)c1ccc(-c2cccc3c2C=CC3)cc1. The van der Waals surface area contributed by atoms with Gasteiger partial charge < -0.3 is 0 Å². The molecule has 0 unspecified atom stereocenters. The van der Waals surface area contributed by atoms with E-state index in [1.807, 2.05) is 0 Å². The summed E-state index contributed by atoms with van der Waals surface area (Å²) in [4.78, 5) is 0. The summed E-state index contributed by atoms with van der Waals surface area (Å²) in [7, 11) is 0. The van der Waals surface area contributed by atoms with Gasteiger partial charge in [0.25, 0.3) is 0 Å². The number of rotatable bonds is 2. The maximum Gasteiger partial charge on any atom is -0.00879 e. The fraction of sp³-hybridized carbons (Fsp3) is 0.222. The van der Waals surface area contributed by atoms with E-state index in [0.717, 1.165) is 6.42 Å². The van der Waals surface area contributed by atoms with Crippen LogP contribution in [0.4, 0.5) is 0 Å². The summed E-state index contributed by atoms with van der Waals surface area (Å²) in [6.45, 7) is 4.47. The van der Waals surface area contributed by atoms with E-state index in [1.54, 1.807) is 0 Å². The summed E-state index contributed by atoms with van der Waals surface area (Å²) in [5.74, 6) is 0.598. The molecule has 0 radical (unpaired) electrons. The Morgan fingerprint density at radius 1 is 0.944 bits per heavy atom. The Bertz CT molecular complexity index is 586. The summed E-state index contributed by atoms with van der Waals surface area (Å²) < 4.78 is 0. The minimum absolute atomic E-state index is 0.598. The van der Waals surface area contributed by atoms with Crippen LogP contribution >= 0.6 is 0 Å². The summed E-state index contributed by atoms with van der Waals surface area (Å²) in [5, 5.41) is 0. The topological polar surface area (TPSA) is 0 Å². The van der Waals surface area contributed by atoms with Crippen LogP contribution in [0.3, 0.4) is 0 Å². The van der Waals surface area contributed by atoms with Crippen LogP contribution in [-0.2, 0) is 6.42 Å². The lowest BCUT2D eigenvalue weighted by atomic mass is 9.94. The predicted octanol–water partition coefficient (Wildman–Crippen LogP) is 5.05. The highest BCUT2D eigenvalue weighted by Crippen LogP contribution is 2.31. The molecule has 0 spiro atoms. The molecule has 0 heteroatoms. The third-order valence-electron chi connectivity index (χ3n) is 3.71. The number of fused-ring (bicyclic) bond motifs is 1. The second-order valence-electron chi connectivity index (χ2n) is 5.26. The molecule has 0 atom stereocenters. The number of hydrogen-bond donors (Lipinski definition) is 0. The molecule has 3 rings (SSSR count). The highest BCUT2D eigenvalue weighted by molar-refractivity contribution is 5.79. The largest absolute Gasteiger partial charge is 0.0795 e. The fourth-order valence-electron chi connectivity index (χ4n) is 2.59. The van der Waals surface area contributed by atoms with Crippen LogP contribution in [0.5, 0.6) is 0 Å². The summed E-state index contributed by atoms with van der Waals surface area (Å²) in [6, 6.07) is 15.6. The lowest BCUT2D eigenvalue weighted by molar-refractivity contribution is 0.867. The molecule has 0 saturated heterocycles. The van der Waals surface area contributed by atoms with Gasteiger partial charge in [-0.1, -0.05) is 68.5 Å². The highest BCUT2D eigenvalue weighted by Gasteiger charge is 2.10. The maximum atomic E-state index is 2.25. The Hall–Kier alpha value is -1.82. The van der Waals surface area contributed by atoms with E-state index in [2.05, 4.69) is 68.5 Å². The molecular formula is C18H18. The average molecular weight is 234 g/mol. The molecule has 90 valence electrons. The van der Waals surface area contributed by atoms with Crippen molar-refractivity contribution in [3.05, 3.63) is 65.2 Å². The lowest BCUT2D eigenvalue weighted by Crippen LogP contribution is -1.89. The molecule has 0 N–H and O–H groups in total. The zero-order chi connectivity index (χ0) is 12.5. The number of benzene rings is 2. The Labute approximate surface area is 109 Å². The van der Waals surface area contributed by atoms with Crippen LogP contribution in [0.2, 0.25) is 0 Å². The van der Waals surface area contributed by atoms with Crippen LogP contribution in [0.15, 0.2) is 48.5 Å². The van der Waals surface area contributed by atoms with E-state index in [1.165, 1.54) is 27.8 Å². The fourth-order valence-corrected chi connectivity index (χ4v) is 2.59. The van der Waals surface area contributed by atoms with E-state index in [-0.39, 0.29) is 0 Å². The predicted molar refractivity (Wildman–Crippen MR) is 78.7 cm³/mol. The smallest absolute Gasteiger partial charge is 0.00879 e. The van der Waals surface area contributed by atoms with Crippen LogP contribution in [0.1, 0.15) is 36.5 Å². The van der Waals surface area contributed by atoms with Gasteiger partial charge in [0.1, 0.15) is 0 Å². The van der Waals surface area contributed by atoms with Gasteiger partial charge in [0, 0.05) is 0 Å². The van der Waals surface area contributed by atoms with Crippen molar-refractivity contribution in [2.24, 2.45) is 0 Å². The van der Waals surface area contributed by atoms with Gasteiger partial charge in [-0.15, -0.1) is 0 Å². The Kier molecular flexibility index (Phi) is 2.79. The average Bonchev–Trinajstić information content (AvgIpc) is 2.87. The monoisotopic (exact) mass is 234 g/mol. The molecule has 0 amide bonds.